The van der Waals surface area contributed by atoms with E-state index in [9.17, 15) is 14.0 Å². The van der Waals surface area contributed by atoms with Gasteiger partial charge in [-0.1, -0.05) is 24.3 Å². The number of carbonyl (C=O) groups is 2. The Morgan fingerprint density at radius 2 is 1.71 bits per heavy atom. The molecule has 142 valence electrons. The highest BCUT2D eigenvalue weighted by Crippen LogP contribution is 2.22. The minimum absolute atomic E-state index is 0.0603. The number of nitrogens with zero attached hydrogens (tertiary/aromatic N) is 1. The Hall–Kier alpha value is -3.74. The van der Waals surface area contributed by atoms with Gasteiger partial charge in [0.1, 0.15) is 11.6 Å². The highest BCUT2D eigenvalue weighted by molar-refractivity contribution is 6.04. The number of halogens is 1. The number of nitrogens with one attached hydrogen (secondary N) is 2. The predicted molar refractivity (Wildman–Crippen MR) is 104 cm³/mol. The second-order valence-electron chi connectivity index (χ2n) is 5.76. The van der Waals surface area contributed by atoms with Crippen LogP contribution >= 0.6 is 0 Å². The van der Waals surface area contributed by atoms with Gasteiger partial charge in [-0.2, -0.15) is 0 Å². The molecule has 0 spiro atoms. The highest BCUT2D eigenvalue weighted by atomic mass is 19.1. The number of rotatable bonds is 6. The molecule has 3 aromatic rings. The van der Waals surface area contributed by atoms with Gasteiger partial charge in [0, 0.05) is 0 Å². The van der Waals surface area contributed by atoms with E-state index in [4.69, 9.17) is 4.74 Å². The molecule has 0 atom stereocenters. The average molecular weight is 379 g/mol. The zero-order valence-corrected chi connectivity index (χ0v) is 15.1. The largest absolute Gasteiger partial charge is 0.462 e. The Morgan fingerprint density at radius 1 is 1.00 bits per heavy atom. The summed E-state index contributed by atoms with van der Waals surface area (Å²) in [5, 5.41) is 5.64. The van der Waals surface area contributed by atoms with Crippen molar-refractivity contribution in [2.24, 2.45) is 0 Å². The van der Waals surface area contributed by atoms with Gasteiger partial charge in [-0.15, -0.1) is 0 Å². The van der Waals surface area contributed by atoms with Crippen LogP contribution in [0.3, 0.4) is 0 Å². The molecule has 7 heteroatoms. The van der Waals surface area contributed by atoms with Crippen LogP contribution in [0.2, 0.25) is 0 Å². The normalized spacial score (nSPS) is 10.2. The van der Waals surface area contributed by atoms with E-state index in [1.165, 1.54) is 24.4 Å². The topological polar surface area (TPSA) is 80.3 Å². The maximum absolute atomic E-state index is 13.7. The van der Waals surface area contributed by atoms with Gasteiger partial charge in [0.05, 0.1) is 35.3 Å². The van der Waals surface area contributed by atoms with Crippen molar-refractivity contribution in [2.45, 2.75) is 6.92 Å². The summed E-state index contributed by atoms with van der Waals surface area (Å²) in [7, 11) is 0. The van der Waals surface area contributed by atoms with Gasteiger partial charge in [-0.25, -0.2) is 14.2 Å². The zero-order valence-electron chi connectivity index (χ0n) is 15.1. The number of ether oxygens (including phenoxy) is 1. The molecule has 3 rings (SSSR count). The third-order valence-corrected chi connectivity index (χ3v) is 3.82. The molecule has 0 unspecified atom stereocenters. The van der Waals surface area contributed by atoms with Crippen molar-refractivity contribution in [3.63, 3.8) is 0 Å². The number of aromatic nitrogens is 1. The lowest BCUT2D eigenvalue weighted by Crippen LogP contribution is -2.14. The predicted octanol–water partition coefficient (Wildman–Crippen LogP) is 4.39. The second kappa shape index (κ2) is 8.77. The Labute approximate surface area is 161 Å². The van der Waals surface area contributed by atoms with Gasteiger partial charge in [-0.05, 0) is 43.3 Å². The van der Waals surface area contributed by atoms with E-state index in [1.807, 2.05) is 0 Å². The van der Waals surface area contributed by atoms with Crippen LogP contribution in [-0.4, -0.2) is 23.5 Å². The Morgan fingerprint density at radius 3 is 2.39 bits per heavy atom. The molecule has 6 nitrogen and oxygen atoms in total. The minimum atomic E-state index is -0.603. The second-order valence-corrected chi connectivity index (χ2v) is 5.76. The number of esters is 1. The fraction of sp³-hybridized carbons (Fsp3) is 0.0952. The van der Waals surface area contributed by atoms with E-state index in [-0.39, 0.29) is 18.0 Å². The molecule has 1 aromatic heterocycles. The molecule has 2 N–H and O–H groups in total. The van der Waals surface area contributed by atoms with Gasteiger partial charge in [0.15, 0.2) is 0 Å². The first-order chi connectivity index (χ1) is 13.6. The molecule has 1 amide bonds. The number of pyridine rings is 1. The van der Waals surface area contributed by atoms with Gasteiger partial charge in [0.2, 0.25) is 0 Å². The van der Waals surface area contributed by atoms with Crippen molar-refractivity contribution in [3.8, 4) is 0 Å². The van der Waals surface area contributed by atoms with Crippen LogP contribution in [0.5, 0.6) is 0 Å². The SMILES string of the molecule is CCOC(=O)c1ccccc1Nc1ccc(NC(=O)c2ccccc2F)nc1. The molecule has 28 heavy (non-hydrogen) atoms. The van der Waals surface area contributed by atoms with E-state index in [2.05, 4.69) is 15.6 Å². The summed E-state index contributed by atoms with van der Waals surface area (Å²) in [5.74, 6) is -1.34. The minimum Gasteiger partial charge on any atom is -0.462 e. The van der Waals surface area contributed by atoms with Crippen LogP contribution in [0, 0.1) is 5.82 Å². The number of benzene rings is 2. The number of amides is 1. The van der Waals surface area contributed by atoms with Crippen molar-refractivity contribution in [2.75, 3.05) is 17.2 Å². The van der Waals surface area contributed by atoms with Crippen LogP contribution in [0.4, 0.5) is 21.6 Å². The average Bonchev–Trinajstić information content (AvgIpc) is 2.70. The first-order valence-electron chi connectivity index (χ1n) is 8.63. The molecular weight excluding hydrogens is 361 g/mol. The van der Waals surface area contributed by atoms with Gasteiger partial charge < -0.3 is 15.4 Å². The third-order valence-electron chi connectivity index (χ3n) is 3.82. The Bertz CT molecular complexity index is 990. The first kappa shape index (κ1) is 19.0. The van der Waals surface area contributed by atoms with E-state index in [0.717, 1.165) is 0 Å². The highest BCUT2D eigenvalue weighted by Gasteiger charge is 2.13. The van der Waals surface area contributed by atoms with Gasteiger partial charge in [-0.3, -0.25) is 4.79 Å². The standard InChI is InChI=1S/C21H18FN3O3/c1-2-28-21(27)16-8-4-6-10-18(16)24-14-11-12-19(23-13-14)25-20(26)15-7-3-5-9-17(15)22/h3-13,24H,2H2,1H3,(H,23,25,26). The Kier molecular flexibility index (Phi) is 5.96. The van der Waals surface area contributed by atoms with E-state index < -0.39 is 17.7 Å². The number of hydrogen-bond acceptors (Lipinski definition) is 5. The van der Waals surface area contributed by atoms with Crippen molar-refractivity contribution >= 4 is 29.1 Å². The molecule has 0 bridgehead atoms. The third kappa shape index (κ3) is 4.50. The van der Waals surface area contributed by atoms with Crippen LogP contribution in [0.1, 0.15) is 27.6 Å². The molecule has 0 aliphatic carbocycles. The summed E-state index contributed by atoms with van der Waals surface area (Å²) in [6, 6.07) is 15.9. The molecule has 0 saturated carbocycles. The van der Waals surface area contributed by atoms with E-state index in [0.29, 0.717) is 16.9 Å². The summed E-state index contributed by atoms with van der Waals surface area (Å²) >= 11 is 0. The fourth-order valence-corrected chi connectivity index (χ4v) is 2.51. The summed E-state index contributed by atoms with van der Waals surface area (Å²) < 4.78 is 18.7. The fourth-order valence-electron chi connectivity index (χ4n) is 2.51. The van der Waals surface area contributed by atoms with Crippen LogP contribution in [0.15, 0.2) is 66.9 Å². The molecule has 0 aliphatic heterocycles. The van der Waals surface area contributed by atoms with Crippen molar-refractivity contribution in [1.29, 1.82) is 0 Å². The Balaban J connectivity index is 1.71. The molecule has 0 fully saturated rings. The number of para-hydroxylation sites is 1. The number of carbonyl (C=O) groups excluding carboxylic acids is 2. The van der Waals surface area contributed by atoms with Crippen molar-refractivity contribution in [3.05, 3.63) is 83.8 Å². The lowest BCUT2D eigenvalue weighted by Gasteiger charge is -2.11. The smallest absolute Gasteiger partial charge is 0.340 e. The number of hydrogen-bond donors (Lipinski definition) is 2. The lowest BCUT2D eigenvalue weighted by atomic mass is 10.1. The maximum Gasteiger partial charge on any atom is 0.340 e. The summed E-state index contributed by atoms with van der Waals surface area (Å²) in [6.07, 6.45) is 1.50. The van der Waals surface area contributed by atoms with Gasteiger partial charge >= 0.3 is 5.97 Å². The monoisotopic (exact) mass is 379 g/mol. The lowest BCUT2D eigenvalue weighted by molar-refractivity contribution is 0.0527. The van der Waals surface area contributed by atoms with Crippen molar-refractivity contribution < 1.29 is 18.7 Å². The number of anilines is 3. The van der Waals surface area contributed by atoms with Crippen LogP contribution in [0.25, 0.3) is 0 Å². The molecule has 2 aromatic carbocycles. The zero-order chi connectivity index (χ0) is 19.9. The molecule has 0 radical (unpaired) electrons. The molecule has 1 heterocycles. The van der Waals surface area contributed by atoms with Crippen molar-refractivity contribution in [1.82, 2.24) is 4.98 Å². The molecular formula is C21H18FN3O3. The summed E-state index contributed by atoms with van der Waals surface area (Å²) in [5.41, 5.74) is 1.53. The van der Waals surface area contributed by atoms with E-state index >= 15 is 0 Å². The maximum atomic E-state index is 13.7. The molecule has 0 aliphatic rings. The summed E-state index contributed by atoms with van der Waals surface area (Å²) in [6.45, 7) is 2.03. The van der Waals surface area contributed by atoms with Crippen LogP contribution in [-0.2, 0) is 4.74 Å². The van der Waals surface area contributed by atoms with Crippen LogP contribution < -0.4 is 10.6 Å². The summed E-state index contributed by atoms with van der Waals surface area (Å²) in [4.78, 5) is 28.3. The quantitative estimate of drug-likeness (QED) is 0.621. The van der Waals surface area contributed by atoms with E-state index in [1.54, 1.807) is 49.4 Å². The first-order valence-corrected chi connectivity index (χ1v) is 8.63. The van der Waals surface area contributed by atoms with Gasteiger partial charge in [0.25, 0.3) is 5.91 Å². The molecule has 0 saturated heterocycles.